The van der Waals surface area contributed by atoms with Gasteiger partial charge in [0.2, 0.25) is 0 Å². The number of ether oxygens (including phenoxy) is 2. The van der Waals surface area contributed by atoms with Crippen molar-refractivity contribution >= 4 is 5.97 Å². The van der Waals surface area contributed by atoms with Gasteiger partial charge in [-0.3, -0.25) is 14.6 Å². The van der Waals surface area contributed by atoms with E-state index < -0.39 is 12.0 Å². The van der Waals surface area contributed by atoms with E-state index in [4.69, 9.17) is 9.47 Å². The molecule has 24 heavy (non-hydrogen) atoms. The van der Waals surface area contributed by atoms with Crippen molar-refractivity contribution in [3.05, 3.63) is 28.8 Å². The van der Waals surface area contributed by atoms with E-state index in [0.717, 1.165) is 55.2 Å². The summed E-state index contributed by atoms with van der Waals surface area (Å²) in [6, 6.07) is 3.21. The maximum absolute atomic E-state index is 12.0. The van der Waals surface area contributed by atoms with Crippen LogP contribution in [-0.2, 0) is 9.53 Å². The molecule has 0 radical (unpaired) electrons. The minimum atomic E-state index is -0.795. The lowest BCUT2D eigenvalue weighted by Crippen LogP contribution is -2.50. The highest BCUT2D eigenvalue weighted by atomic mass is 16.5. The van der Waals surface area contributed by atoms with Crippen LogP contribution in [0.15, 0.2) is 12.1 Å². The number of aliphatic carboxylic acids is 1. The molecule has 1 fully saturated rings. The second kappa shape index (κ2) is 8.46. The standard InChI is InChI=1S/C18H28N2O4/c1-13-11-15(24-4)12-14(2)16(13)17(18(21)22)20-7-5-19(6-8-20)9-10-23-3/h11-12,17H,5-10H2,1-4H3,(H,21,22)/t17-/m1/s1. The second-order valence-electron chi connectivity index (χ2n) is 6.29. The average molecular weight is 336 g/mol. The molecule has 1 heterocycles. The first kappa shape index (κ1) is 18.7. The number of nitrogens with zero attached hydrogens (tertiary/aromatic N) is 2. The van der Waals surface area contributed by atoms with Crippen LogP contribution in [0.1, 0.15) is 22.7 Å². The van der Waals surface area contributed by atoms with Gasteiger partial charge in [-0.25, -0.2) is 0 Å². The van der Waals surface area contributed by atoms with Crippen molar-refractivity contribution in [2.75, 3.05) is 53.6 Å². The van der Waals surface area contributed by atoms with Crippen molar-refractivity contribution in [1.29, 1.82) is 0 Å². The molecule has 0 unspecified atom stereocenters. The van der Waals surface area contributed by atoms with Crippen molar-refractivity contribution in [2.45, 2.75) is 19.9 Å². The molecule has 1 aromatic carbocycles. The molecule has 134 valence electrons. The number of carbonyl (C=O) groups is 1. The fraction of sp³-hybridized carbons (Fsp3) is 0.611. The summed E-state index contributed by atoms with van der Waals surface area (Å²) in [5.41, 5.74) is 2.80. The lowest BCUT2D eigenvalue weighted by Gasteiger charge is -2.38. The first-order valence-electron chi connectivity index (χ1n) is 8.31. The number of carboxylic acid groups (broad SMARTS) is 1. The van der Waals surface area contributed by atoms with Crippen molar-refractivity contribution in [2.24, 2.45) is 0 Å². The lowest BCUT2D eigenvalue weighted by molar-refractivity contribution is -0.144. The van der Waals surface area contributed by atoms with Gasteiger partial charge in [-0.15, -0.1) is 0 Å². The Bertz CT molecular complexity index is 545. The van der Waals surface area contributed by atoms with Crippen LogP contribution in [-0.4, -0.2) is 74.4 Å². The monoisotopic (exact) mass is 336 g/mol. The summed E-state index contributed by atoms with van der Waals surface area (Å²) in [7, 11) is 3.33. The van der Waals surface area contributed by atoms with Gasteiger partial charge < -0.3 is 14.6 Å². The van der Waals surface area contributed by atoms with Crippen LogP contribution in [0.4, 0.5) is 0 Å². The highest BCUT2D eigenvalue weighted by Gasteiger charge is 2.32. The highest BCUT2D eigenvalue weighted by Crippen LogP contribution is 2.31. The third-order valence-corrected chi connectivity index (χ3v) is 4.69. The van der Waals surface area contributed by atoms with Crippen LogP contribution in [0.2, 0.25) is 0 Å². The zero-order chi connectivity index (χ0) is 17.7. The van der Waals surface area contributed by atoms with E-state index in [9.17, 15) is 9.90 Å². The van der Waals surface area contributed by atoms with Gasteiger partial charge in [0.1, 0.15) is 11.8 Å². The third kappa shape index (κ3) is 4.26. The number of benzene rings is 1. The number of piperazine rings is 1. The summed E-state index contributed by atoms with van der Waals surface area (Å²) in [6.07, 6.45) is 0. The number of hydrogen-bond acceptors (Lipinski definition) is 5. The summed E-state index contributed by atoms with van der Waals surface area (Å²) < 4.78 is 10.4. The van der Waals surface area contributed by atoms with Crippen LogP contribution < -0.4 is 4.74 Å². The molecule has 0 aromatic heterocycles. The molecule has 0 saturated carbocycles. The maximum Gasteiger partial charge on any atom is 0.325 e. The van der Waals surface area contributed by atoms with E-state index in [2.05, 4.69) is 9.80 Å². The lowest BCUT2D eigenvalue weighted by atomic mass is 9.94. The molecule has 0 bridgehead atoms. The first-order chi connectivity index (χ1) is 11.5. The molecule has 6 heteroatoms. The van der Waals surface area contributed by atoms with E-state index in [-0.39, 0.29) is 0 Å². The number of hydrogen-bond donors (Lipinski definition) is 1. The normalized spacial score (nSPS) is 17.7. The van der Waals surface area contributed by atoms with Crippen molar-refractivity contribution in [3.63, 3.8) is 0 Å². The SMILES string of the molecule is COCCN1CCN([C@@H](C(=O)O)c2c(C)cc(OC)cc2C)CC1. The fourth-order valence-corrected chi connectivity index (χ4v) is 3.41. The quantitative estimate of drug-likeness (QED) is 0.818. The Morgan fingerprint density at radius 2 is 1.75 bits per heavy atom. The average Bonchev–Trinajstić information content (AvgIpc) is 2.56. The molecular weight excluding hydrogens is 308 g/mol. The van der Waals surface area contributed by atoms with E-state index in [1.54, 1.807) is 14.2 Å². The third-order valence-electron chi connectivity index (χ3n) is 4.69. The Labute approximate surface area is 144 Å². The summed E-state index contributed by atoms with van der Waals surface area (Å²) in [5.74, 6) is -0.0287. The Hall–Kier alpha value is -1.63. The molecule has 1 aromatic rings. The Morgan fingerprint density at radius 3 is 2.21 bits per heavy atom. The summed E-state index contributed by atoms with van der Waals surface area (Å²) in [4.78, 5) is 16.4. The van der Waals surface area contributed by atoms with Crippen LogP contribution in [0.3, 0.4) is 0 Å². The predicted octanol–water partition coefficient (Wildman–Crippen LogP) is 1.70. The molecule has 6 nitrogen and oxygen atoms in total. The van der Waals surface area contributed by atoms with E-state index in [1.807, 2.05) is 26.0 Å². The van der Waals surface area contributed by atoms with Gasteiger partial charge in [-0.05, 0) is 42.7 Å². The predicted molar refractivity (Wildman–Crippen MR) is 92.7 cm³/mol. The number of carboxylic acids is 1. The molecule has 0 aliphatic carbocycles. The van der Waals surface area contributed by atoms with Gasteiger partial charge in [-0.1, -0.05) is 0 Å². The van der Waals surface area contributed by atoms with Crippen LogP contribution in [0.5, 0.6) is 5.75 Å². The molecule has 0 spiro atoms. The van der Waals surface area contributed by atoms with Gasteiger partial charge in [0.15, 0.2) is 0 Å². The van der Waals surface area contributed by atoms with Crippen LogP contribution >= 0.6 is 0 Å². The molecular formula is C18H28N2O4. The zero-order valence-electron chi connectivity index (χ0n) is 15.0. The molecule has 0 amide bonds. The van der Waals surface area contributed by atoms with Crippen molar-refractivity contribution in [3.8, 4) is 5.75 Å². The molecule has 1 aliphatic heterocycles. The summed E-state index contributed by atoms with van der Waals surface area (Å²) in [5, 5.41) is 9.86. The van der Waals surface area contributed by atoms with Crippen molar-refractivity contribution in [1.82, 2.24) is 9.80 Å². The molecule has 2 rings (SSSR count). The summed E-state index contributed by atoms with van der Waals surface area (Å²) in [6.45, 7) is 8.72. The smallest absolute Gasteiger partial charge is 0.325 e. The van der Waals surface area contributed by atoms with Gasteiger partial charge in [0.25, 0.3) is 0 Å². The minimum Gasteiger partial charge on any atom is -0.497 e. The minimum absolute atomic E-state index is 0.611. The molecule has 1 saturated heterocycles. The molecule has 1 atom stereocenters. The van der Waals surface area contributed by atoms with E-state index in [1.165, 1.54) is 0 Å². The van der Waals surface area contributed by atoms with Gasteiger partial charge in [0.05, 0.1) is 13.7 Å². The highest BCUT2D eigenvalue weighted by molar-refractivity contribution is 5.77. The van der Waals surface area contributed by atoms with Gasteiger partial charge >= 0.3 is 5.97 Å². The molecule has 1 aliphatic rings. The van der Waals surface area contributed by atoms with E-state index >= 15 is 0 Å². The summed E-state index contributed by atoms with van der Waals surface area (Å²) >= 11 is 0. The van der Waals surface area contributed by atoms with Crippen molar-refractivity contribution < 1.29 is 19.4 Å². The Balaban J connectivity index is 2.18. The maximum atomic E-state index is 12.0. The van der Waals surface area contributed by atoms with E-state index in [0.29, 0.717) is 6.61 Å². The number of methoxy groups -OCH3 is 2. The van der Waals surface area contributed by atoms with Gasteiger partial charge in [-0.2, -0.15) is 0 Å². The molecule has 1 N–H and O–H groups in total. The zero-order valence-corrected chi connectivity index (χ0v) is 15.0. The topological polar surface area (TPSA) is 62.2 Å². The number of rotatable bonds is 7. The van der Waals surface area contributed by atoms with Gasteiger partial charge in [0, 0.05) is 39.8 Å². The Morgan fingerprint density at radius 1 is 1.17 bits per heavy atom. The number of aryl methyl sites for hydroxylation is 2. The second-order valence-corrected chi connectivity index (χ2v) is 6.29. The van der Waals surface area contributed by atoms with Crippen LogP contribution in [0, 0.1) is 13.8 Å². The Kier molecular flexibility index (Phi) is 6.60. The largest absolute Gasteiger partial charge is 0.497 e. The first-order valence-corrected chi connectivity index (χ1v) is 8.31. The van der Waals surface area contributed by atoms with Crippen LogP contribution in [0.25, 0.3) is 0 Å². The fourth-order valence-electron chi connectivity index (χ4n) is 3.41.